The first kappa shape index (κ1) is 15.2. The molecule has 0 fully saturated rings. The van der Waals surface area contributed by atoms with Crippen molar-refractivity contribution in [2.24, 2.45) is 0 Å². The molecule has 0 saturated heterocycles. The molecule has 4 aromatic rings. The molecule has 0 amide bonds. The molecule has 2 heteroatoms. The van der Waals surface area contributed by atoms with Crippen molar-refractivity contribution in [1.82, 2.24) is 4.98 Å². The average Bonchev–Trinajstić information content (AvgIpc) is 2.69. The Labute approximate surface area is 147 Å². The first-order valence-electron chi connectivity index (χ1n) is 8.28. The van der Waals surface area contributed by atoms with Gasteiger partial charge in [-0.3, -0.25) is 0 Å². The van der Waals surface area contributed by atoms with E-state index in [2.05, 4.69) is 36.4 Å². The summed E-state index contributed by atoms with van der Waals surface area (Å²) in [5.41, 5.74) is 13.0. The molecule has 0 aliphatic carbocycles. The predicted molar refractivity (Wildman–Crippen MR) is 105 cm³/mol. The highest BCUT2D eigenvalue weighted by molar-refractivity contribution is 5.77. The van der Waals surface area contributed by atoms with Crippen molar-refractivity contribution in [2.75, 3.05) is 5.73 Å². The van der Waals surface area contributed by atoms with Crippen LogP contribution in [0, 0.1) is 0 Å². The number of benzene rings is 3. The second kappa shape index (κ2) is 6.62. The molecule has 1 heterocycles. The Morgan fingerprint density at radius 2 is 0.960 bits per heavy atom. The number of nitrogens with zero attached hydrogens (tertiary/aromatic N) is 1. The molecule has 120 valence electrons. The van der Waals surface area contributed by atoms with Crippen molar-refractivity contribution in [3.63, 3.8) is 0 Å². The summed E-state index contributed by atoms with van der Waals surface area (Å²) in [7, 11) is 0. The van der Waals surface area contributed by atoms with E-state index >= 15 is 0 Å². The number of nitrogens with two attached hydrogens (primary N) is 1. The molecule has 0 unspecified atom stereocenters. The zero-order valence-corrected chi connectivity index (χ0v) is 13.8. The quantitative estimate of drug-likeness (QED) is 0.494. The number of anilines is 1. The summed E-state index contributed by atoms with van der Waals surface area (Å²) >= 11 is 0. The highest BCUT2D eigenvalue weighted by Gasteiger charge is 2.08. The minimum Gasteiger partial charge on any atom is -0.399 e. The Balaban J connectivity index is 1.90. The molecule has 1 aromatic heterocycles. The van der Waals surface area contributed by atoms with E-state index in [9.17, 15) is 0 Å². The Morgan fingerprint density at radius 1 is 0.480 bits per heavy atom. The van der Waals surface area contributed by atoms with Crippen molar-refractivity contribution in [3.05, 3.63) is 97.1 Å². The molecule has 0 radical (unpaired) electrons. The van der Waals surface area contributed by atoms with Gasteiger partial charge in [-0.2, -0.15) is 0 Å². The van der Waals surface area contributed by atoms with Crippen molar-refractivity contribution in [2.45, 2.75) is 0 Å². The van der Waals surface area contributed by atoms with Gasteiger partial charge in [-0.25, -0.2) is 4.98 Å². The SMILES string of the molecule is Nc1ccc(-c2cc(-c3ccccc3)nc(-c3ccccc3)c2)cc1. The fourth-order valence-electron chi connectivity index (χ4n) is 2.89. The van der Waals surface area contributed by atoms with Crippen LogP contribution in [0.15, 0.2) is 97.1 Å². The maximum absolute atomic E-state index is 5.83. The maximum atomic E-state index is 5.83. The third-order valence-electron chi connectivity index (χ3n) is 4.21. The number of nitrogen functional groups attached to an aromatic ring is 1. The normalized spacial score (nSPS) is 10.6. The van der Waals surface area contributed by atoms with Crippen LogP contribution < -0.4 is 5.73 Å². The molecule has 2 nitrogen and oxygen atoms in total. The van der Waals surface area contributed by atoms with Crippen molar-refractivity contribution in [3.8, 4) is 33.6 Å². The molecule has 0 bridgehead atoms. The van der Waals surface area contributed by atoms with E-state index in [-0.39, 0.29) is 0 Å². The lowest BCUT2D eigenvalue weighted by atomic mass is 10.00. The summed E-state index contributed by atoms with van der Waals surface area (Å²) in [4.78, 5) is 4.89. The number of pyridine rings is 1. The minimum absolute atomic E-state index is 0.768. The summed E-state index contributed by atoms with van der Waals surface area (Å²) in [6.07, 6.45) is 0. The minimum atomic E-state index is 0.768. The molecule has 0 aliphatic heterocycles. The topological polar surface area (TPSA) is 38.9 Å². The van der Waals surface area contributed by atoms with Gasteiger partial charge in [0.1, 0.15) is 0 Å². The summed E-state index contributed by atoms with van der Waals surface area (Å²) in [5.74, 6) is 0. The van der Waals surface area contributed by atoms with Crippen LogP contribution in [-0.2, 0) is 0 Å². The number of aromatic nitrogens is 1. The zero-order valence-electron chi connectivity index (χ0n) is 13.8. The van der Waals surface area contributed by atoms with Crippen LogP contribution >= 0.6 is 0 Å². The van der Waals surface area contributed by atoms with Crippen LogP contribution in [0.4, 0.5) is 5.69 Å². The number of hydrogen-bond donors (Lipinski definition) is 1. The van der Waals surface area contributed by atoms with E-state index in [0.29, 0.717) is 0 Å². The van der Waals surface area contributed by atoms with Crippen molar-refractivity contribution >= 4 is 5.69 Å². The van der Waals surface area contributed by atoms with Crippen LogP contribution in [0.25, 0.3) is 33.6 Å². The monoisotopic (exact) mass is 322 g/mol. The van der Waals surface area contributed by atoms with Crippen LogP contribution in [0.2, 0.25) is 0 Å². The molecule has 25 heavy (non-hydrogen) atoms. The van der Waals surface area contributed by atoms with Crippen LogP contribution in [-0.4, -0.2) is 4.98 Å². The van der Waals surface area contributed by atoms with E-state index in [1.807, 2.05) is 60.7 Å². The van der Waals surface area contributed by atoms with Gasteiger partial charge >= 0.3 is 0 Å². The first-order chi connectivity index (χ1) is 12.3. The summed E-state index contributed by atoms with van der Waals surface area (Å²) < 4.78 is 0. The van der Waals surface area contributed by atoms with Gasteiger partial charge in [-0.15, -0.1) is 0 Å². The van der Waals surface area contributed by atoms with Gasteiger partial charge in [-0.05, 0) is 35.4 Å². The first-order valence-corrected chi connectivity index (χ1v) is 8.28. The third-order valence-corrected chi connectivity index (χ3v) is 4.21. The lowest BCUT2D eigenvalue weighted by Crippen LogP contribution is -1.91. The number of hydrogen-bond acceptors (Lipinski definition) is 2. The predicted octanol–water partition coefficient (Wildman–Crippen LogP) is 5.66. The highest BCUT2D eigenvalue weighted by atomic mass is 14.7. The molecular formula is C23H18N2. The standard InChI is InChI=1S/C23H18N2/c24-21-13-11-17(12-14-21)20-15-22(18-7-3-1-4-8-18)25-23(16-20)19-9-5-2-6-10-19/h1-16H,24H2. The van der Waals surface area contributed by atoms with Crippen LogP contribution in [0.5, 0.6) is 0 Å². The lowest BCUT2D eigenvalue weighted by molar-refractivity contribution is 1.32. The molecule has 0 saturated carbocycles. The Bertz CT molecular complexity index is 918. The van der Waals surface area contributed by atoms with Gasteiger partial charge in [0, 0.05) is 16.8 Å². The number of rotatable bonds is 3. The summed E-state index contributed by atoms with van der Waals surface area (Å²) in [5, 5.41) is 0. The van der Waals surface area contributed by atoms with E-state index in [4.69, 9.17) is 10.7 Å². The molecule has 0 aliphatic rings. The fourth-order valence-corrected chi connectivity index (χ4v) is 2.89. The third kappa shape index (κ3) is 3.29. The van der Waals surface area contributed by atoms with Crippen LogP contribution in [0.3, 0.4) is 0 Å². The molecule has 4 rings (SSSR count). The Hall–Kier alpha value is -3.39. The average molecular weight is 322 g/mol. The highest BCUT2D eigenvalue weighted by Crippen LogP contribution is 2.30. The van der Waals surface area contributed by atoms with Gasteiger partial charge in [0.05, 0.1) is 11.4 Å². The Kier molecular flexibility index (Phi) is 4.01. The van der Waals surface area contributed by atoms with Gasteiger partial charge in [0.2, 0.25) is 0 Å². The van der Waals surface area contributed by atoms with Crippen LogP contribution in [0.1, 0.15) is 0 Å². The molecular weight excluding hydrogens is 304 g/mol. The molecule has 3 aromatic carbocycles. The fraction of sp³-hybridized carbons (Fsp3) is 0. The molecule has 0 atom stereocenters. The van der Waals surface area contributed by atoms with E-state index in [0.717, 1.165) is 39.3 Å². The van der Waals surface area contributed by atoms with Gasteiger partial charge in [0.15, 0.2) is 0 Å². The lowest BCUT2D eigenvalue weighted by Gasteiger charge is -2.10. The molecule has 0 spiro atoms. The smallest absolute Gasteiger partial charge is 0.0715 e. The van der Waals surface area contributed by atoms with Gasteiger partial charge in [0.25, 0.3) is 0 Å². The van der Waals surface area contributed by atoms with Gasteiger partial charge in [-0.1, -0.05) is 72.8 Å². The van der Waals surface area contributed by atoms with E-state index in [1.165, 1.54) is 0 Å². The largest absolute Gasteiger partial charge is 0.399 e. The second-order valence-corrected chi connectivity index (χ2v) is 5.98. The maximum Gasteiger partial charge on any atom is 0.0715 e. The summed E-state index contributed by atoms with van der Waals surface area (Å²) in [6.45, 7) is 0. The molecule has 2 N–H and O–H groups in total. The van der Waals surface area contributed by atoms with E-state index in [1.54, 1.807) is 0 Å². The van der Waals surface area contributed by atoms with Gasteiger partial charge < -0.3 is 5.73 Å². The Morgan fingerprint density at radius 3 is 1.44 bits per heavy atom. The van der Waals surface area contributed by atoms with Crippen molar-refractivity contribution < 1.29 is 0 Å². The summed E-state index contributed by atoms with van der Waals surface area (Å²) in [6, 6.07) is 32.8. The van der Waals surface area contributed by atoms with Crippen molar-refractivity contribution in [1.29, 1.82) is 0 Å². The zero-order chi connectivity index (χ0) is 17.1. The van der Waals surface area contributed by atoms with E-state index < -0.39 is 0 Å². The second-order valence-electron chi connectivity index (χ2n) is 5.98.